The molecule has 0 unspecified atom stereocenters. The normalized spacial score (nSPS) is 14.6. The Morgan fingerprint density at radius 2 is 1.89 bits per heavy atom. The molecule has 2 heterocycles. The summed E-state index contributed by atoms with van der Waals surface area (Å²) in [5.41, 5.74) is 2.99. The first kappa shape index (κ1) is 9.59. The third kappa shape index (κ3) is 1.24. The highest BCUT2D eigenvalue weighted by molar-refractivity contribution is 6.08. The molecule has 0 amide bonds. The Labute approximate surface area is 104 Å². The minimum Gasteiger partial charge on any atom is -0.454 e. The van der Waals surface area contributed by atoms with Crippen LogP contribution in [0.4, 0.5) is 5.69 Å². The van der Waals surface area contributed by atoms with Gasteiger partial charge in [-0.2, -0.15) is 0 Å². The van der Waals surface area contributed by atoms with Crippen molar-refractivity contribution in [2.75, 3.05) is 11.6 Å². The van der Waals surface area contributed by atoms with Gasteiger partial charge in [0.2, 0.25) is 0 Å². The fraction of sp³-hybridized carbons (Fsp3) is 0.0667. The lowest BCUT2D eigenvalue weighted by atomic mass is 10.1. The van der Waals surface area contributed by atoms with Gasteiger partial charge in [0.25, 0.3) is 0 Å². The van der Waals surface area contributed by atoms with Crippen molar-refractivity contribution in [2.24, 2.45) is 0 Å². The predicted molar refractivity (Wildman–Crippen MR) is 73.3 cm³/mol. The van der Waals surface area contributed by atoms with Gasteiger partial charge in [0.05, 0.1) is 12.4 Å². The highest BCUT2D eigenvalue weighted by atomic mass is 16.3. The van der Waals surface area contributed by atoms with Gasteiger partial charge >= 0.3 is 0 Å². The number of nitrogens with zero attached hydrogens (tertiary/aromatic N) is 1. The Bertz CT molecular complexity index is 757. The zero-order chi connectivity index (χ0) is 11.9. The van der Waals surface area contributed by atoms with E-state index in [1.165, 1.54) is 10.8 Å². The van der Waals surface area contributed by atoms with Crippen LogP contribution in [0, 0.1) is 0 Å². The molecular formula is C15H12N2O. The Morgan fingerprint density at radius 3 is 2.78 bits per heavy atom. The SMILES string of the molecule is C1=CN(c2cccc3c2oc2ccccc23)CN1. The van der Waals surface area contributed by atoms with Crippen LogP contribution in [0.15, 0.2) is 59.3 Å². The van der Waals surface area contributed by atoms with E-state index in [4.69, 9.17) is 4.42 Å². The number of benzene rings is 2. The Morgan fingerprint density at radius 1 is 1.00 bits per heavy atom. The van der Waals surface area contributed by atoms with Crippen molar-refractivity contribution in [1.82, 2.24) is 5.32 Å². The van der Waals surface area contributed by atoms with Crippen LogP contribution in [0.5, 0.6) is 0 Å². The maximum atomic E-state index is 5.99. The van der Waals surface area contributed by atoms with Gasteiger partial charge in [-0.15, -0.1) is 0 Å². The van der Waals surface area contributed by atoms with Crippen molar-refractivity contribution in [2.45, 2.75) is 0 Å². The van der Waals surface area contributed by atoms with Crippen molar-refractivity contribution in [3.63, 3.8) is 0 Å². The monoisotopic (exact) mass is 236 g/mol. The number of furan rings is 1. The van der Waals surface area contributed by atoms with Crippen LogP contribution in [0.1, 0.15) is 0 Å². The minimum atomic E-state index is 0.788. The zero-order valence-corrected chi connectivity index (χ0v) is 9.76. The molecule has 88 valence electrons. The Kier molecular flexibility index (Phi) is 1.88. The molecule has 0 aliphatic carbocycles. The molecule has 1 N–H and O–H groups in total. The number of fused-ring (bicyclic) bond motifs is 3. The van der Waals surface area contributed by atoms with Crippen molar-refractivity contribution in [3.05, 3.63) is 54.9 Å². The smallest absolute Gasteiger partial charge is 0.159 e. The Hall–Kier alpha value is -2.42. The third-order valence-electron chi connectivity index (χ3n) is 3.33. The lowest BCUT2D eigenvalue weighted by Crippen LogP contribution is -2.19. The van der Waals surface area contributed by atoms with Crippen LogP contribution in [0.3, 0.4) is 0 Å². The molecule has 0 saturated carbocycles. The lowest BCUT2D eigenvalue weighted by Gasteiger charge is -2.14. The van der Waals surface area contributed by atoms with Gasteiger partial charge in [0.15, 0.2) is 5.58 Å². The molecule has 0 radical (unpaired) electrons. The summed E-state index contributed by atoms with van der Waals surface area (Å²) in [5, 5.41) is 5.51. The zero-order valence-electron chi connectivity index (χ0n) is 9.76. The van der Waals surface area contributed by atoms with Gasteiger partial charge in [0.1, 0.15) is 5.58 Å². The maximum absolute atomic E-state index is 5.99. The van der Waals surface area contributed by atoms with Crippen LogP contribution in [-0.4, -0.2) is 6.67 Å². The van der Waals surface area contributed by atoms with Crippen molar-refractivity contribution in [3.8, 4) is 0 Å². The summed E-state index contributed by atoms with van der Waals surface area (Å²) in [6, 6.07) is 14.4. The minimum absolute atomic E-state index is 0.788. The average molecular weight is 236 g/mol. The van der Waals surface area contributed by atoms with E-state index in [-0.39, 0.29) is 0 Å². The first-order valence-corrected chi connectivity index (χ1v) is 6.00. The van der Waals surface area contributed by atoms with Crippen molar-refractivity contribution >= 4 is 27.6 Å². The van der Waals surface area contributed by atoms with Crippen molar-refractivity contribution in [1.29, 1.82) is 0 Å². The number of hydrogen-bond acceptors (Lipinski definition) is 3. The first-order chi connectivity index (χ1) is 8.93. The molecule has 3 nitrogen and oxygen atoms in total. The van der Waals surface area contributed by atoms with E-state index in [9.17, 15) is 0 Å². The summed E-state index contributed by atoms with van der Waals surface area (Å²) in [7, 11) is 0. The highest BCUT2D eigenvalue weighted by Crippen LogP contribution is 2.35. The largest absolute Gasteiger partial charge is 0.454 e. The molecule has 4 rings (SSSR count). The molecule has 1 aromatic heterocycles. The molecule has 3 heteroatoms. The number of nitrogens with one attached hydrogen (secondary N) is 1. The first-order valence-electron chi connectivity index (χ1n) is 6.00. The van der Waals surface area contributed by atoms with Crippen LogP contribution in [0.2, 0.25) is 0 Å². The molecule has 0 saturated heterocycles. The molecule has 0 spiro atoms. The van der Waals surface area contributed by atoms with Crippen LogP contribution in [-0.2, 0) is 0 Å². The van der Waals surface area contributed by atoms with E-state index in [2.05, 4.69) is 34.5 Å². The van der Waals surface area contributed by atoms with Gasteiger partial charge in [-0.25, -0.2) is 0 Å². The van der Waals surface area contributed by atoms with E-state index in [1.807, 2.05) is 30.6 Å². The number of hydrogen-bond donors (Lipinski definition) is 1. The second kappa shape index (κ2) is 3.53. The molecule has 2 aromatic carbocycles. The molecular weight excluding hydrogens is 224 g/mol. The van der Waals surface area contributed by atoms with Gasteiger partial charge in [0, 0.05) is 23.2 Å². The molecule has 1 aliphatic heterocycles. The highest BCUT2D eigenvalue weighted by Gasteiger charge is 2.14. The average Bonchev–Trinajstić information content (AvgIpc) is 3.05. The lowest BCUT2D eigenvalue weighted by molar-refractivity contribution is 0.667. The van der Waals surface area contributed by atoms with E-state index in [0.29, 0.717) is 0 Å². The summed E-state index contributed by atoms with van der Waals surface area (Å²) < 4.78 is 5.99. The van der Waals surface area contributed by atoms with Crippen LogP contribution >= 0.6 is 0 Å². The molecule has 0 bridgehead atoms. The van der Waals surface area contributed by atoms with Crippen LogP contribution in [0.25, 0.3) is 21.9 Å². The van der Waals surface area contributed by atoms with E-state index < -0.39 is 0 Å². The van der Waals surface area contributed by atoms with Gasteiger partial charge in [-0.1, -0.05) is 30.3 Å². The number of para-hydroxylation sites is 2. The second-order valence-electron chi connectivity index (χ2n) is 4.40. The molecule has 1 aliphatic rings. The van der Waals surface area contributed by atoms with E-state index in [1.54, 1.807) is 0 Å². The predicted octanol–water partition coefficient (Wildman–Crippen LogP) is 3.42. The number of rotatable bonds is 1. The van der Waals surface area contributed by atoms with Crippen molar-refractivity contribution < 1.29 is 4.42 Å². The van der Waals surface area contributed by atoms with Gasteiger partial charge in [-0.05, 0) is 12.1 Å². The molecule has 0 atom stereocenters. The topological polar surface area (TPSA) is 28.4 Å². The summed E-state index contributed by atoms with van der Waals surface area (Å²) in [6.07, 6.45) is 3.98. The fourth-order valence-corrected chi connectivity index (χ4v) is 2.47. The Balaban J connectivity index is 2.06. The maximum Gasteiger partial charge on any atom is 0.159 e. The van der Waals surface area contributed by atoms with E-state index in [0.717, 1.165) is 23.5 Å². The molecule has 18 heavy (non-hydrogen) atoms. The standard InChI is InChI=1S/C15H12N2O/c1-2-7-14-11(4-1)12-5-3-6-13(15(12)18-14)17-9-8-16-10-17/h1-9,16H,10H2. The summed E-state index contributed by atoms with van der Waals surface area (Å²) in [6.45, 7) is 0.788. The number of anilines is 1. The van der Waals surface area contributed by atoms with E-state index >= 15 is 0 Å². The fourth-order valence-electron chi connectivity index (χ4n) is 2.47. The van der Waals surface area contributed by atoms with Gasteiger partial charge < -0.3 is 14.6 Å². The second-order valence-corrected chi connectivity index (χ2v) is 4.40. The molecule has 0 fully saturated rings. The third-order valence-corrected chi connectivity index (χ3v) is 3.33. The summed E-state index contributed by atoms with van der Waals surface area (Å²) in [4.78, 5) is 2.14. The quantitative estimate of drug-likeness (QED) is 0.701. The van der Waals surface area contributed by atoms with Gasteiger partial charge in [-0.3, -0.25) is 0 Å². The van der Waals surface area contributed by atoms with Crippen LogP contribution < -0.4 is 10.2 Å². The molecule has 3 aromatic rings. The summed E-state index contributed by atoms with van der Waals surface area (Å²) in [5.74, 6) is 0. The summed E-state index contributed by atoms with van der Waals surface area (Å²) >= 11 is 0.